The Balaban J connectivity index is 1.94. The predicted octanol–water partition coefficient (Wildman–Crippen LogP) is 1.11. The van der Waals surface area contributed by atoms with E-state index in [1.54, 1.807) is 20.3 Å². The van der Waals surface area contributed by atoms with Crippen LogP contribution in [0.15, 0.2) is 24.4 Å². The lowest BCUT2D eigenvalue weighted by atomic mass is 10.2. The first-order chi connectivity index (χ1) is 10.1. The predicted molar refractivity (Wildman–Crippen MR) is 75.0 cm³/mol. The van der Waals surface area contributed by atoms with Gasteiger partial charge >= 0.3 is 5.97 Å². The van der Waals surface area contributed by atoms with Gasteiger partial charge in [0.15, 0.2) is 5.69 Å². The van der Waals surface area contributed by atoms with Crippen molar-refractivity contribution < 1.29 is 19.4 Å². The first-order valence-corrected chi connectivity index (χ1v) is 6.22. The van der Waals surface area contributed by atoms with E-state index in [1.807, 2.05) is 12.1 Å². The number of carboxylic acids is 1. The highest BCUT2D eigenvalue weighted by Gasteiger charge is 2.07. The van der Waals surface area contributed by atoms with E-state index in [0.717, 1.165) is 5.69 Å². The third-order valence-corrected chi connectivity index (χ3v) is 2.78. The number of nitrogens with zero attached hydrogens (tertiary/aromatic N) is 3. The number of methoxy groups -OCH3 is 2. The van der Waals surface area contributed by atoms with E-state index >= 15 is 0 Å². The van der Waals surface area contributed by atoms with Crippen LogP contribution in [0.3, 0.4) is 0 Å². The van der Waals surface area contributed by atoms with Gasteiger partial charge in [-0.3, -0.25) is 0 Å². The van der Waals surface area contributed by atoms with E-state index in [0.29, 0.717) is 24.6 Å². The fraction of sp³-hybridized carbons (Fsp3) is 0.308. The SMILES string of the molecule is COc1cc(NCCn2cc(C(=O)O)nn2)cc(OC)c1. The molecule has 0 spiro atoms. The van der Waals surface area contributed by atoms with E-state index in [1.165, 1.54) is 10.9 Å². The summed E-state index contributed by atoms with van der Waals surface area (Å²) in [5.74, 6) is 0.281. The zero-order valence-corrected chi connectivity index (χ0v) is 11.7. The summed E-state index contributed by atoms with van der Waals surface area (Å²) in [4.78, 5) is 10.7. The van der Waals surface area contributed by atoms with Gasteiger partial charge in [0.2, 0.25) is 0 Å². The summed E-state index contributed by atoms with van der Waals surface area (Å²) < 4.78 is 11.8. The summed E-state index contributed by atoms with van der Waals surface area (Å²) in [7, 11) is 3.17. The van der Waals surface area contributed by atoms with Gasteiger partial charge in [-0.1, -0.05) is 5.21 Å². The number of ether oxygens (including phenoxy) is 2. The van der Waals surface area contributed by atoms with Crippen molar-refractivity contribution in [2.45, 2.75) is 6.54 Å². The summed E-state index contributed by atoms with van der Waals surface area (Å²) in [6.45, 7) is 1.04. The lowest BCUT2D eigenvalue weighted by molar-refractivity contribution is 0.0690. The van der Waals surface area contributed by atoms with Crippen molar-refractivity contribution in [2.24, 2.45) is 0 Å². The minimum Gasteiger partial charge on any atom is -0.497 e. The second kappa shape index (κ2) is 6.60. The monoisotopic (exact) mass is 292 g/mol. The van der Waals surface area contributed by atoms with Crippen LogP contribution in [0.2, 0.25) is 0 Å². The van der Waals surface area contributed by atoms with Crippen LogP contribution >= 0.6 is 0 Å². The molecule has 0 fully saturated rings. The van der Waals surface area contributed by atoms with Gasteiger partial charge in [0.05, 0.1) is 27.0 Å². The largest absolute Gasteiger partial charge is 0.497 e. The van der Waals surface area contributed by atoms with Crippen molar-refractivity contribution in [3.8, 4) is 11.5 Å². The number of carbonyl (C=O) groups is 1. The van der Waals surface area contributed by atoms with Crippen molar-refractivity contribution >= 4 is 11.7 Å². The Morgan fingerprint density at radius 2 is 1.95 bits per heavy atom. The molecule has 21 heavy (non-hydrogen) atoms. The quantitative estimate of drug-likeness (QED) is 0.788. The van der Waals surface area contributed by atoms with Crippen LogP contribution in [0, 0.1) is 0 Å². The summed E-state index contributed by atoms with van der Waals surface area (Å²) >= 11 is 0. The number of anilines is 1. The average molecular weight is 292 g/mol. The fourth-order valence-electron chi connectivity index (χ4n) is 1.73. The molecular formula is C13H16N4O4. The fourth-order valence-corrected chi connectivity index (χ4v) is 1.73. The lowest BCUT2D eigenvalue weighted by Crippen LogP contribution is -2.11. The molecule has 2 N–H and O–H groups in total. The summed E-state index contributed by atoms with van der Waals surface area (Å²) in [6.07, 6.45) is 1.39. The van der Waals surface area contributed by atoms with Gasteiger partial charge in [-0.2, -0.15) is 0 Å². The maximum Gasteiger partial charge on any atom is 0.358 e. The van der Waals surface area contributed by atoms with E-state index < -0.39 is 5.97 Å². The number of hydrogen-bond acceptors (Lipinski definition) is 6. The van der Waals surface area contributed by atoms with Gasteiger partial charge in [-0.25, -0.2) is 9.48 Å². The number of carboxylic acid groups (broad SMARTS) is 1. The molecule has 0 aliphatic rings. The maximum absolute atomic E-state index is 10.7. The highest BCUT2D eigenvalue weighted by molar-refractivity contribution is 5.84. The third-order valence-electron chi connectivity index (χ3n) is 2.78. The van der Waals surface area contributed by atoms with Gasteiger partial charge < -0.3 is 19.9 Å². The Morgan fingerprint density at radius 1 is 1.29 bits per heavy atom. The van der Waals surface area contributed by atoms with Crippen LogP contribution in [0.4, 0.5) is 5.69 Å². The minimum absolute atomic E-state index is 0.0713. The minimum atomic E-state index is -1.09. The summed E-state index contributed by atoms with van der Waals surface area (Å²) in [6, 6.07) is 5.46. The Hall–Kier alpha value is -2.77. The molecule has 0 aliphatic carbocycles. The van der Waals surface area contributed by atoms with Crippen molar-refractivity contribution in [1.82, 2.24) is 15.0 Å². The number of nitrogens with one attached hydrogen (secondary N) is 1. The van der Waals surface area contributed by atoms with Crippen LogP contribution in [0.5, 0.6) is 11.5 Å². The maximum atomic E-state index is 10.7. The van der Waals surface area contributed by atoms with Crippen molar-refractivity contribution in [3.05, 3.63) is 30.1 Å². The van der Waals surface area contributed by atoms with Gasteiger partial charge in [-0.15, -0.1) is 5.10 Å². The molecule has 112 valence electrons. The number of aromatic carboxylic acids is 1. The summed E-state index contributed by atoms with van der Waals surface area (Å²) in [5.41, 5.74) is 0.767. The zero-order chi connectivity index (χ0) is 15.2. The Morgan fingerprint density at radius 3 is 2.48 bits per heavy atom. The van der Waals surface area contributed by atoms with Gasteiger partial charge in [0.1, 0.15) is 11.5 Å². The molecule has 0 bridgehead atoms. The van der Waals surface area contributed by atoms with Crippen molar-refractivity contribution in [1.29, 1.82) is 0 Å². The Kier molecular flexibility index (Phi) is 4.60. The van der Waals surface area contributed by atoms with Crippen molar-refractivity contribution in [2.75, 3.05) is 26.1 Å². The normalized spacial score (nSPS) is 10.2. The molecule has 0 saturated carbocycles. The van der Waals surface area contributed by atoms with E-state index in [9.17, 15) is 4.79 Å². The highest BCUT2D eigenvalue weighted by atomic mass is 16.5. The number of benzene rings is 1. The number of hydrogen-bond donors (Lipinski definition) is 2. The molecule has 2 rings (SSSR count). The molecule has 8 nitrogen and oxygen atoms in total. The molecule has 1 aromatic heterocycles. The van der Waals surface area contributed by atoms with Crippen molar-refractivity contribution in [3.63, 3.8) is 0 Å². The average Bonchev–Trinajstić information content (AvgIpc) is 2.96. The van der Waals surface area contributed by atoms with E-state index in [2.05, 4.69) is 15.6 Å². The Labute approximate surface area is 121 Å². The topological polar surface area (TPSA) is 98.5 Å². The van der Waals surface area contributed by atoms with Gasteiger partial charge in [0, 0.05) is 30.4 Å². The molecule has 2 aromatic rings. The highest BCUT2D eigenvalue weighted by Crippen LogP contribution is 2.25. The second-order valence-corrected chi connectivity index (χ2v) is 4.20. The molecule has 1 heterocycles. The molecule has 0 radical (unpaired) electrons. The molecule has 0 saturated heterocycles. The first kappa shape index (κ1) is 14.6. The molecule has 1 aromatic carbocycles. The smallest absolute Gasteiger partial charge is 0.358 e. The van der Waals surface area contributed by atoms with Crippen LogP contribution in [-0.2, 0) is 6.54 Å². The third kappa shape index (κ3) is 3.85. The number of aromatic nitrogens is 3. The molecule has 0 atom stereocenters. The van der Waals surface area contributed by atoms with Crippen LogP contribution in [0.1, 0.15) is 10.5 Å². The molecule has 0 aliphatic heterocycles. The zero-order valence-electron chi connectivity index (χ0n) is 11.7. The van der Waals surface area contributed by atoms with Crippen LogP contribution in [-0.4, -0.2) is 46.8 Å². The van der Waals surface area contributed by atoms with E-state index in [-0.39, 0.29) is 5.69 Å². The Bertz CT molecular complexity index is 604. The van der Waals surface area contributed by atoms with Crippen LogP contribution < -0.4 is 14.8 Å². The lowest BCUT2D eigenvalue weighted by Gasteiger charge is -2.10. The van der Waals surface area contributed by atoms with Gasteiger partial charge in [-0.05, 0) is 0 Å². The summed E-state index contributed by atoms with van der Waals surface area (Å²) in [5, 5.41) is 19.2. The molecule has 0 amide bonds. The van der Waals surface area contributed by atoms with Gasteiger partial charge in [0.25, 0.3) is 0 Å². The molecular weight excluding hydrogens is 276 g/mol. The molecule has 8 heteroatoms. The van der Waals surface area contributed by atoms with E-state index in [4.69, 9.17) is 14.6 Å². The molecule has 0 unspecified atom stereocenters. The van der Waals surface area contributed by atoms with Crippen LogP contribution in [0.25, 0.3) is 0 Å². The standard InChI is InChI=1S/C13H16N4O4/c1-20-10-5-9(6-11(7-10)21-2)14-3-4-17-8-12(13(18)19)15-16-17/h5-8,14H,3-4H2,1-2H3,(H,18,19). The number of rotatable bonds is 7. The first-order valence-electron chi connectivity index (χ1n) is 6.22. The second-order valence-electron chi connectivity index (χ2n) is 4.20.